The van der Waals surface area contributed by atoms with Gasteiger partial charge in [-0.1, -0.05) is 0 Å². The Labute approximate surface area is 119 Å². The Morgan fingerprint density at radius 3 is 3.00 bits per heavy atom. The molecule has 2 unspecified atom stereocenters. The Hall–Kier alpha value is -2.55. The quantitative estimate of drug-likeness (QED) is 0.764. The molecule has 3 rings (SSSR count). The number of aromatic nitrogens is 4. The van der Waals surface area contributed by atoms with Crippen LogP contribution in [0, 0.1) is 12.8 Å². The van der Waals surface area contributed by atoms with Crippen molar-refractivity contribution in [3.05, 3.63) is 23.8 Å². The summed E-state index contributed by atoms with van der Waals surface area (Å²) < 4.78 is 6.55. The van der Waals surface area contributed by atoms with Gasteiger partial charge in [0.15, 0.2) is 0 Å². The number of aliphatic carboxylic acids is 1. The molecule has 3 heterocycles. The standard InChI is InChI=1S/C12H13N5O4/c1-6-2-3-13-12-15-9(16-17(6)12)10(18)14-8-5-21-4-7(8)11(19)20/h2-3,7-8H,4-5H2,1H3,(H,14,18)(H,19,20). The molecule has 1 aliphatic rings. The van der Waals surface area contributed by atoms with Crippen LogP contribution in [0.2, 0.25) is 0 Å². The minimum absolute atomic E-state index is 0.0483. The van der Waals surface area contributed by atoms with Crippen molar-refractivity contribution in [2.75, 3.05) is 13.2 Å². The minimum Gasteiger partial charge on any atom is -0.481 e. The van der Waals surface area contributed by atoms with Crippen molar-refractivity contribution in [2.24, 2.45) is 5.92 Å². The molecule has 0 radical (unpaired) electrons. The van der Waals surface area contributed by atoms with Crippen LogP contribution < -0.4 is 5.32 Å². The second kappa shape index (κ2) is 5.09. The number of hydrogen-bond acceptors (Lipinski definition) is 6. The minimum atomic E-state index is -1.00. The molecule has 2 aromatic heterocycles. The van der Waals surface area contributed by atoms with Crippen LogP contribution in [-0.4, -0.2) is 55.8 Å². The molecule has 2 atom stereocenters. The van der Waals surface area contributed by atoms with Gasteiger partial charge in [0, 0.05) is 11.9 Å². The number of fused-ring (bicyclic) bond motifs is 1. The summed E-state index contributed by atoms with van der Waals surface area (Å²) in [6.45, 7) is 2.06. The van der Waals surface area contributed by atoms with Crippen molar-refractivity contribution in [1.29, 1.82) is 0 Å². The maximum atomic E-state index is 12.1. The lowest BCUT2D eigenvalue weighted by Gasteiger charge is -2.14. The van der Waals surface area contributed by atoms with Crippen molar-refractivity contribution in [2.45, 2.75) is 13.0 Å². The van der Waals surface area contributed by atoms with Crippen LogP contribution in [0.1, 0.15) is 16.3 Å². The highest BCUT2D eigenvalue weighted by Crippen LogP contribution is 2.14. The lowest BCUT2D eigenvalue weighted by Crippen LogP contribution is -2.43. The van der Waals surface area contributed by atoms with Gasteiger partial charge in [0.05, 0.1) is 19.3 Å². The summed E-state index contributed by atoms with van der Waals surface area (Å²) in [5, 5.41) is 15.7. The summed E-state index contributed by atoms with van der Waals surface area (Å²) in [6.07, 6.45) is 1.58. The van der Waals surface area contributed by atoms with E-state index >= 15 is 0 Å². The van der Waals surface area contributed by atoms with E-state index < -0.39 is 23.8 Å². The van der Waals surface area contributed by atoms with Crippen LogP contribution in [0.15, 0.2) is 12.3 Å². The smallest absolute Gasteiger partial charge is 0.311 e. The van der Waals surface area contributed by atoms with E-state index in [2.05, 4.69) is 20.4 Å². The number of amides is 1. The molecule has 0 spiro atoms. The zero-order valence-electron chi connectivity index (χ0n) is 11.2. The number of hydrogen-bond donors (Lipinski definition) is 2. The van der Waals surface area contributed by atoms with Gasteiger partial charge in [-0.15, -0.1) is 5.10 Å². The fourth-order valence-electron chi connectivity index (χ4n) is 2.18. The van der Waals surface area contributed by atoms with Gasteiger partial charge in [-0.05, 0) is 13.0 Å². The summed E-state index contributed by atoms with van der Waals surface area (Å²) in [5.74, 6) is -2.03. The molecule has 2 aromatic rings. The Balaban J connectivity index is 1.81. The molecule has 0 aliphatic carbocycles. The fraction of sp³-hybridized carbons (Fsp3) is 0.417. The van der Waals surface area contributed by atoms with Crippen LogP contribution in [-0.2, 0) is 9.53 Å². The molecule has 1 fully saturated rings. The monoisotopic (exact) mass is 291 g/mol. The topological polar surface area (TPSA) is 119 Å². The molecular formula is C12H13N5O4. The molecule has 0 saturated carbocycles. The van der Waals surface area contributed by atoms with Crippen molar-refractivity contribution < 1.29 is 19.4 Å². The fourth-order valence-corrected chi connectivity index (χ4v) is 2.18. The van der Waals surface area contributed by atoms with E-state index in [9.17, 15) is 9.59 Å². The van der Waals surface area contributed by atoms with E-state index in [0.717, 1.165) is 5.69 Å². The summed E-state index contributed by atoms with van der Waals surface area (Å²) in [7, 11) is 0. The third-order valence-corrected chi connectivity index (χ3v) is 3.35. The molecule has 2 N–H and O–H groups in total. The number of nitrogens with one attached hydrogen (secondary N) is 1. The second-order valence-corrected chi connectivity index (χ2v) is 4.80. The molecule has 9 heteroatoms. The van der Waals surface area contributed by atoms with Gasteiger partial charge in [0.1, 0.15) is 5.92 Å². The highest BCUT2D eigenvalue weighted by Gasteiger charge is 2.35. The van der Waals surface area contributed by atoms with Gasteiger partial charge in [-0.25, -0.2) is 9.50 Å². The zero-order valence-corrected chi connectivity index (χ0v) is 11.2. The maximum absolute atomic E-state index is 12.1. The lowest BCUT2D eigenvalue weighted by atomic mass is 10.0. The number of carboxylic acid groups (broad SMARTS) is 1. The molecule has 1 amide bonds. The van der Waals surface area contributed by atoms with E-state index in [1.54, 1.807) is 12.3 Å². The SMILES string of the molecule is Cc1ccnc2nc(C(=O)NC3COCC3C(=O)O)nn12. The molecule has 0 aromatic carbocycles. The van der Waals surface area contributed by atoms with Crippen LogP contribution in [0.4, 0.5) is 0 Å². The third kappa shape index (κ3) is 2.42. The predicted octanol–water partition coefficient (Wildman–Crippen LogP) is -0.738. The third-order valence-electron chi connectivity index (χ3n) is 3.35. The molecule has 21 heavy (non-hydrogen) atoms. The van der Waals surface area contributed by atoms with Crippen LogP contribution >= 0.6 is 0 Å². The van der Waals surface area contributed by atoms with Crippen molar-refractivity contribution in [3.8, 4) is 0 Å². The van der Waals surface area contributed by atoms with Gasteiger partial charge >= 0.3 is 5.97 Å². The number of carbonyl (C=O) groups is 2. The van der Waals surface area contributed by atoms with E-state index in [4.69, 9.17) is 9.84 Å². The van der Waals surface area contributed by atoms with Gasteiger partial charge in [-0.2, -0.15) is 4.98 Å². The largest absolute Gasteiger partial charge is 0.481 e. The molecule has 1 aliphatic heterocycles. The van der Waals surface area contributed by atoms with Gasteiger partial charge in [0.2, 0.25) is 5.82 Å². The number of nitrogens with zero attached hydrogens (tertiary/aromatic N) is 4. The first-order chi connectivity index (χ1) is 10.1. The summed E-state index contributed by atoms with van der Waals surface area (Å²) >= 11 is 0. The van der Waals surface area contributed by atoms with Crippen molar-refractivity contribution in [1.82, 2.24) is 24.9 Å². The van der Waals surface area contributed by atoms with Crippen LogP contribution in [0.3, 0.4) is 0 Å². The molecular weight excluding hydrogens is 278 g/mol. The van der Waals surface area contributed by atoms with Gasteiger partial charge in [-0.3, -0.25) is 9.59 Å². The van der Waals surface area contributed by atoms with Crippen LogP contribution in [0.5, 0.6) is 0 Å². The highest BCUT2D eigenvalue weighted by atomic mass is 16.5. The number of rotatable bonds is 3. The van der Waals surface area contributed by atoms with Crippen molar-refractivity contribution >= 4 is 17.7 Å². The second-order valence-electron chi connectivity index (χ2n) is 4.80. The average Bonchev–Trinajstić information content (AvgIpc) is 3.05. The first-order valence-electron chi connectivity index (χ1n) is 6.36. The predicted molar refractivity (Wildman–Crippen MR) is 68.7 cm³/mol. The van der Waals surface area contributed by atoms with Gasteiger partial charge < -0.3 is 15.2 Å². The Morgan fingerprint density at radius 1 is 1.48 bits per heavy atom. The number of aryl methyl sites for hydroxylation is 1. The molecule has 0 bridgehead atoms. The number of carbonyl (C=O) groups excluding carboxylic acids is 1. The Bertz CT molecular complexity index is 713. The zero-order chi connectivity index (χ0) is 15.0. The first kappa shape index (κ1) is 13.4. The Kier molecular flexibility index (Phi) is 3.26. The summed E-state index contributed by atoms with van der Waals surface area (Å²) in [6, 6.07) is 1.16. The Morgan fingerprint density at radius 2 is 2.29 bits per heavy atom. The number of ether oxygens (including phenoxy) is 1. The van der Waals surface area contributed by atoms with E-state index in [1.165, 1.54) is 4.52 Å². The van der Waals surface area contributed by atoms with Crippen LogP contribution in [0.25, 0.3) is 5.78 Å². The van der Waals surface area contributed by atoms with E-state index in [0.29, 0.717) is 5.78 Å². The van der Waals surface area contributed by atoms with E-state index in [1.807, 2.05) is 6.92 Å². The summed E-state index contributed by atoms with van der Waals surface area (Å²) in [4.78, 5) is 31.2. The lowest BCUT2D eigenvalue weighted by molar-refractivity contribution is -0.142. The average molecular weight is 291 g/mol. The normalized spacial score (nSPS) is 21.6. The highest BCUT2D eigenvalue weighted by molar-refractivity contribution is 5.91. The molecule has 9 nitrogen and oxygen atoms in total. The molecule has 110 valence electrons. The number of carboxylic acids is 1. The van der Waals surface area contributed by atoms with E-state index in [-0.39, 0.29) is 19.0 Å². The maximum Gasteiger partial charge on any atom is 0.311 e. The summed E-state index contributed by atoms with van der Waals surface area (Å²) in [5.41, 5.74) is 0.791. The molecule has 1 saturated heterocycles. The first-order valence-corrected chi connectivity index (χ1v) is 6.36. The van der Waals surface area contributed by atoms with Crippen molar-refractivity contribution in [3.63, 3.8) is 0 Å². The van der Waals surface area contributed by atoms with Gasteiger partial charge in [0.25, 0.3) is 11.7 Å².